The first-order chi connectivity index (χ1) is 8.49. The maximum atomic E-state index is 11.9. The van der Waals surface area contributed by atoms with Crippen molar-refractivity contribution in [2.24, 2.45) is 0 Å². The average molecular weight is 266 g/mol. The molecular weight excluding hydrogens is 252 g/mol. The normalized spacial score (nSPS) is 11.7. The van der Waals surface area contributed by atoms with Gasteiger partial charge in [-0.2, -0.15) is 0 Å². The van der Waals surface area contributed by atoms with Crippen LogP contribution >= 0.6 is 0 Å². The van der Waals surface area contributed by atoms with Crippen LogP contribution in [0.25, 0.3) is 0 Å². The van der Waals surface area contributed by atoms with Crippen molar-refractivity contribution >= 4 is 10.0 Å². The topological polar surface area (TPSA) is 87.7 Å². The number of nitrogens with zero attached hydrogens (tertiary/aromatic N) is 2. The molecule has 0 saturated carbocycles. The Hall–Kier alpha value is -1.73. The Bertz CT molecular complexity index is 649. The zero-order valence-electron chi connectivity index (χ0n) is 10.1. The maximum absolute atomic E-state index is 11.9. The largest absolute Gasteiger partial charge is 0.332 e. The van der Waals surface area contributed by atoms with Gasteiger partial charge in [-0.25, -0.2) is 18.1 Å². The van der Waals surface area contributed by atoms with Crippen molar-refractivity contribution in [2.75, 3.05) is 0 Å². The highest BCUT2D eigenvalue weighted by Gasteiger charge is 2.16. The molecule has 7 heteroatoms. The fourth-order valence-electron chi connectivity index (χ4n) is 1.47. The van der Waals surface area contributed by atoms with Crippen molar-refractivity contribution in [1.29, 1.82) is 0 Å². The lowest BCUT2D eigenvalue weighted by molar-refractivity contribution is 0.577. The number of aryl methyl sites for hydroxylation is 2. The van der Waals surface area contributed by atoms with Crippen molar-refractivity contribution in [1.82, 2.24) is 19.7 Å². The number of hydrogen-bond acceptors (Lipinski definition) is 4. The number of imidazole rings is 1. The van der Waals surface area contributed by atoms with Crippen LogP contribution in [0.4, 0.5) is 0 Å². The molecule has 2 N–H and O–H groups in total. The van der Waals surface area contributed by atoms with Crippen LogP contribution in [0, 0.1) is 13.8 Å². The van der Waals surface area contributed by atoms with Gasteiger partial charge in [0.2, 0.25) is 0 Å². The van der Waals surface area contributed by atoms with Crippen molar-refractivity contribution in [3.63, 3.8) is 0 Å². The van der Waals surface area contributed by atoms with Crippen LogP contribution in [0.3, 0.4) is 0 Å². The SMILES string of the molecule is Cc1ncc(S(=O)(=O)NCc2cnccc2C)[nH]1. The minimum absolute atomic E-state index is 0.0709. The molecule has 2 aromatic heterocycles. The van der Waals surface area contributed by atoms with E-state index in [0.29, 0.717) is 5.82 Å². The first-order valence-electron chi connectivity index (χ1n) is 5.40. The monoisotopic (exact) mass is 266 g/mol. The van der Waals surface area contributed by atoms with Crippen molar-refractivity contribution < 1.29 is 8.42 Å². The Morgan fingerprint density at radius 2 is 2.11 bits per heavy atom. The van der Waals surface area contributed by atoms with Gasteiger partial charge in [0.1, 0.15) is 5.82 Å². The summed E-state index contributed by atoms with van der Waals surface area (Å²) < 4.78 is 26.4. The number of nitrogens with one attached hydrogen (secondary N) is 2. The molecule has 2 aromatic rings. The van der Waals surface area contributed by atoms with E-state index < -0.39 is 10.0 Å². The van der Waals surface area contributed by atoms with Crippen LogP contribution in [0.2, 0.25) is 0 Å². The third-order valence-electron chi connectivity index (χ3n) is 2.57. The van der Waals surface area contributed by atoms with E-state index >= 15 is 0 Å². The molecule has 2 rings (SSSR count). The Morgan fingerprint density at radius 1 is 1.33 bits per heavy atom. The summed E-state index contributed by atoms with van der Waals surface area (Å²) in [5.74, 6) is 0.563. The summed E-state index contributed by atoms with van der Waals surface area (Å²) in [6.45, 7) is 3.82. The summed E-state index contributed by atoms with van der Waals surface area (Å²) in [5.41, 5.74) is 1.84. The number of aromatic nitrogens is 3. The van der Waals surface area contributed by atoms with Crippen molar-refractivity contribution in [3.05, 3.63) is 41.6 Å². The van der Waals surface area contributed by atoms with E-state index in [1.807, 2.05) is 13.0 Å². The number of hydrogen-bond donors (Lipinski definition) is 2. The van der Waals surface area contributed by atoms with Gasteiger partial charge in [-0.3, -0.25) is 4.98 Å². The summed E-state index contributed by atoms with van der Waals surface area (Å²) >= 11 is 0. The van der Waals surface area contributed by atoms with Gasteiger partial charge in [-0.1, -0.05) is 0 Å². The zero-order valence-corrected chi connectivity index (χ0v) is 11.0. The summed E-state index contributed by atoms with van der Waals surface area (Å²) in [7, 11) is -3.55. The summed E-state index contributed by atoms with van der Waals surface area (Å²) in [5, 5.41) is 0.0709. The Morgan fingerprint density at radius 3 is 2.72 bits per heavy atom. The third-order valence-corrected chi connectivity index (χ3v) is 3.88. The molecule has 2 heterocycles. The Balaban J connectivity index is 2.13. The number of sulfonamides is 1. The lowest BCUT2D eigenvalue weighted by atomic mass is 10.2. The predicted octanol–water partition coefficient (Wildman–Crippen LogP) is 0.900. The van der Waals surface area contributed by atoms with Gasteiger partial charge in [0.25, 0.3) is 10.0 Å². The van der Waals surface area contributed by atoms with E-state index in [0.717, 1.165) is 11.1 Å². The van der Waals surface area contributed by atoms with Crippen LogP contribution in [0.1, 0.15) is 17.0 Å². The van der Waals surface area contributed by atoms with E-state index in [-0.39, 0.29) is 11.6 Å². The van der Waals surface area contributed by atoms with Gasteiger partial charge in [0.15, 0.2) is 5.03 Å². The quantitative estimate of drug-likeness (QED) is 0.860. The molecule has 0 unspecified atom stereocenters. The summed E-state index contributed by atoms with van der Waals surface area (Å²) in [6, 6.07) is 1.84. The summed E-state index contributed by atoms with van der Waals surface area (Å²) in [4.78, 5) is 10.5. The average Bonchev–Trinajstić information content (AvgIpc) is 2.76. The lowest BCUT2D eigenvalue weighted by Gasteiger charge is -2.06. The van der Waals surface area contributed by atoms with E-state index in [4.69, 9.17) is 0 Å². The number of pyridine rings is 1. The highest BCUT2D eigenvalue weighted by Crippen LogP contribution is 2.08. The molecule has 0 fully saturated rings. The van der Waals surface area contributed by atoms with Crippen molar-refractivity contribution in [3.8, 4) is 0 Å². The second-order valence-corrected chi connectivity index (χ2v) is 5.69. The highest BCUT2D eigenvalue weighted by molar-refractivity contribution is 7.89. The molecule has 0 aromatic carbocycles. The molecular formula is C11H14N4O2S. The Labute approximate surface area is 106 Å². The zero-order chi connectivity index (χ0) is 13.2. The van der Waals surface area contributed by atoms with Crippen LogP contribution < -0.4 is 4.72 Å². The minimum Gasteiger partial charge on any atom is -0.332 e. The maximum Gasteiger partial charge on any atom is 0.257 e. The minimum atomic E-state index is -3.55. The molecule has 0 bridgehead atoms. The second kappa shape index (κ2) is 4.87. The van der Waals surface area contributed by atoms with Gasteiger partial charge >= 0.3 is 0 Å². The molecule has 96 valence electrons. The lowest BCUT2D eigenvalue weighted by Crippen LogP contribution is -2.24. The second-order valence-electron chi connectivity index (χ2n) is 3.96. The van der Waals surface area contributed by atoms with E-state index in [9.17, 15) is 8.42 Å². The first-order valence-corrected chi connectivity index (χ1v) is 6.88. The van der Waals surface area contributed by atoms with Crippen LogP contribution in [0.15, 0.2) is 29.7 Å². The molecule has 0 atom stereocenters. The molecule has 0 saturated heterocycles. The fraction of sp³-hybridized carbons (Fsp3) is 0.273. The molecule has 0 spiro atoms. The molecule has 0 aliphatic rings. The van der Waals surface area contributed by atoms with Crippen LogP contribution in [-0.2, 0) is 16.6 Å². The predicted molar refractivity (Wildman–Crippen MR) is 66.3 cm³/mol. The number of H-pyrrole nitrogens is 1. The van der Waals surface area contributed by atoms with Crippen LogP contribution in [-0.4, -0.2) is 23.4 Å². The standard InChI is InChI=1S/C11H14N4O2S/c1-8-3-4-12-5-10(8)6-14-18(16,17)11-7-13-9(2)15-11/h3-5,7,14H,6H2,1-2H3,(H,13,15). The molecule has 0 amide bonds. The van der Waals surface area contributed by atoms with Gasteiger partial charge < -0.3 is 4.98 Å². The van der Waals surface area contributed by atoms with E-state index in [2.05, 4.69) is 19.7 Å². The first kappa shape index (κ1) is 12.7. The fourth-order valence-corrected chi connectivity index (χ4v) is 2.44. The Kier molecular flexibility index (Phi) is 3.44. The van der Waals surface area contributed by atoms with Gasteiger partial charge in [-0.15, -0.1) is 0 Å². The molecule has 6 nitrogen and oxygen atoms in total. The third kappa shape index (κ3) is 2.74. The van der Waals surface area contributed by atoms with E-state index in [1.165, 1.54) is 6.20 Å². The number of rotatable bonds is 4. The van der Waals surface area contributed by atoms with Gasteiger partial charge in [0, 0.05) is 18.9 Å². The molecule has 0 aliphatic heterocycles. The number of aromatic amines is 1. The van der Waals surface area contributed by atoms with Gasteiger partial charge in [0.05, 0.1) is 6.20 Å². The summed E-state index contributed by atoms with van der Waals surface area (Å²) in [6.07, 6.45) is 4.62. The molecule has 0 aliphatic carbocycles. The highest BCUT2D eigenvalue weighted by atomic mass is 32.2. The molecule has 0 radical (unpaired) electrons. The van der Waals surface area contributed by atoms with Crippen molar-refractivity contribution in [2.45, 2.75) is 25.4 Å². The van der Waals surface area contributed by atoms with E-state index in [1.54, 1.807) is 19.3 Å². The molecule has 18 heavy (non-hydrogen) atoms. The smallest absolute Gasteiger partial charge is 0.257 e. The van der Waals surface area contributed by atoms with Crippen LogP contribution in [0.5, 0.6) is 0 Å². The van der Waals surface area contributed by atoms with Gasteiger partial charge in [-0.05, 0) is 31.0 Å².